The van der Waals surface area contributed by atoms with Crippen molar-refractivity contribution in [3.63, 3.8) is 0 Å². The van der Waals surface area contributed by atoms with Crippen molar-refractivity contribution in [2.45, 2.75) is 66.2 Å². The van der Waals surface area contributed by atoms with Crippen molar-refractivity contribution in [2.24, 2.45) is 4.99 Å². The maximum absolute atomic E-state index is 12.3. The van der Waals surface area contributed by atoms with Crippen LogP contribution in [-0.4, -0.2) is 18.7 Å². The van der Waals surface area contributed by atoms with Gasteiger partial charge in [-0.25, -0.2) is 0 Å². The lowest BCUT2D eigenvalue weighted by molar-refractivity contribution is -0.116. The SMILES string of the molecule is CNC(=O)C1=C(\C)N=C(CCCCc2cccc(C)c2)CC\C(C)=C\1C. The summed E-state index contributed by atoms with van der Waals surface area (Å²) >= 11 is 0. The van der Waals surface area contributed by atoms with Crippen LogP contribution in [0.25, 0.3) is 0 Å². The Morgan fingerprint density at radius 2 is 1.81 bits per heavy atom. The van der Waals surface area contributed by atoms with Gasteiger partial charge in [-0.05, 0) is 77.4 Å². The number of aliphatic imine (C=N–C) groups is 1. The molecule has 0 aliphatic carbocycles. The summed E-state index contributed by atoms with van der Waals surface area (Å²) in [6, 6.07) is 8.76. The number of allylic oxidation sites excluding steroid dienone is 2. The molecule has 0 fully saturated rings. The largest absolute Gasteiger partial charge is 0.355 e. The van der Waals surface area contributed by atoms with Gasteiger partial charge in [-0.2, -0.15) is 0 Å². The fourth-order valence-electron chi connectivity index (χ4n) is 3.52. The van der Waals surface area contributed by atoms with Crippen molar-refractivity contribution < 1.29 is 4.79 Å². The molecule has 0 bridgehead atoms. The zero-order chi connectivity index (χ0) is 19.1. The highest BCUT2D eigenvalue weighted by atomic mass is 16.1. The van der Waals surface area contributed by atoms with Gasteiger partial charge in [0.2, 0.25) is 0 Å². The summed E-state index contributed by atoms with van der Waals surface area (Å²) < 4.78 is 0. The van der Waals surface area contributed by atoms with Crippen LogP contribution in [0.15, 0.2) is 51.7 Å². The first kappa shape index (κ1) is 20.2. The Hall–Kier alpha value is -2.16. The summed E-state index contributed by atoms with van der Waals surface area (Å²) in [6.45, 7) is 8.27. The van der Waals surface area contributed by atoms with Gasteiger partial charge in [0.05, 0.1) is 11.3 Å². The topological polar surface area (TPSA) is 41.5 Å². The molecule has 0 radical (unpaired) electrons. The number of nitrogens with one attached hydrogen (secondary N) is 1. The summed E-state index contributed by atoms with van der Waals surface area (Å²) in [5, 5.41) is 2.75. The van der Waals surface area contributed by atoms with Gasteiger partial charge >= 0.3 is 0 Å². The molecular formula is C23H32N2O. The van der Waals surface area contributed by atoms with Crippen LogP contribution in [0.2, 0.25) is 0 Å². The van der Waals surface area contributed by atoms with Crippen LogP contribution in [-0.2, 0) is 11.2 Å². The molecule has 1 heterocycles. The molecule has 0 unspecified atom stereocenters. The quantitative estimate of drug-likeness (QED) is 0.694. The minimum Gasteiger partial charge on any atom is -0.355 e. The monoisotopic (exact) mass is 352 g/mol. The van der Waals surface area contributed by atoms with Crippen molar-refractivity contribution in [3.8, 4) is 0 Å². The van der Waals surface area contributed by atoms with Gasteiger partial charge in [0, 0.05) is 12.8 Å². The lowest BCUT2D eigenvalue weighted by Gasteiger charge is -2.17. The number of carbonyl (C=O) groups is 1. The summed E-state index contributed by atoms with van der Waals surface area (Å²) in [4.78, 5) is 17.1. The van der Waals surface area contributed by atoms with Gasteiger partial charge in [0.15, 0.2) is 0 Å². The fraction of sp³-hybridized carbons (Fsp3) is 0.478. The Labute approximate surface area is 158 Å². The molecule has 0 atom stereocenters. The number of carbonyl (C=O) groups excluding carboxylic acids is 1. The van der Waals surface area contributed by atoms with Gasteiger partial charge in [0.1, 0.15) is 0 Å². The average Bonchev–Trinajstić information content (AvgIpc) is 2.61. The highest BCUT2D eigenvalue weighted by molar-refractivity contribution is 5.99. The van der Waals surface area contributed by atoms with E-state index in [0.717, 1.165) is 48.9 Å². The Kier molecular flexibility index (Phi) is 7.38. The number of hydrogen-bond acceptors (Lipinski definition) is 2. The van der Waals surface area contributed by atoms with E-state index in [9.17, 15) is 4.79 Å². The summed E-state index contributed by atoms with van der Waals surface area (Å²) in [7, 11) is 1.68. The second-order valence-electron chi connectivity index (χ2n) is 7.32. The second kappa shape index (κ2) is 9.51. The van der Waals surface area contributed by atoms with E-state index in [1.807, 2.05) is 13.8 Å². The third-order valence-electron chi connectivity index (χ3n) is 5.21. The van der Waals surface area contributed by atoms with E-state index < -0.39 is 0 Å². The van der Waals surface area contributed by atoms with Crippen molar-refractivity contribution in [3.05, 3.63) is 57.8 Å². The summed E-state index contributed by atoms with van der Waals surface area (Å²) in [6.07, 6.45) is 6.41. The molecule has 2 rings (SSSR count). The molecule has 1 aliphatic rings. The van der Waals surface area contributed by atoms with E-state index in [-0.39, 0.29) is 5.91 Å². The molecule has 0 saturated carbocycles. The number of hydrogen-bond donors (Lipinski definition) is 1. The normalized spacial score (nSPS) is 21.0. The number of nitrogens with zero attached hydrogens (tertiary/aromatic N) is 1. The van der Waals surface area contributed by atoms with Crippen molar-refractivity contribution in [1.29, 1.82) is 0 Å². The maximum Gasteiger partial charge on any atom is 0.253 e. The smallest absolute Gasteiger partial charge is 0.253 e. The van der Waals surface area contributed by atoms with Crippen molar-refractivity contribution in [2.75, 3.05) is 7.05 Å². The highest BCUT2D eigenvalue weighted by Crippen LogP contribution is 2.26. The van der Waals surface area contributed by atoms with Crippen LogP contribution in [0.5, 0.6) is 0 Å². The third-order valence-corrected chi connectivity index (χ3v) is 5.21. The number of benzene rings is 1. The van der Waals surface area contributed by atoms with Crippen LogP contribution in [0.1, 0.15) is 64.0 Å². The van der Waals surface area contributed by atoms with E-state index in [1.165, 1.54) is 28.8 Å². The van der Waals surface area contributed by atoms with Crippen molar-refractivity contribution in [1.82, 2.24) is 5.32 Å². The van der Waals surface area contributed by atoms with E-state index in [0.29, 0.717) is 0 Å². The number of unbranched alkanes of at least 4 members (excludes halogenated alkanes) is 1. The Bertz CT molecular complexity index is 753. The molecule has 1 amide bonds. The summed E-state index contributed by atoms with van der Waals surface area (Å²) in [5.41, 5.74) is 7.90. The Balaban J connectivity index is 2.03. The molecule has 140 valence electrons. The van der Waals surface area contributed by atoms with Crippen LogP contribution >= 0.6 is 0 Å². The third kappa shape index (κ3) is 5.42. The fourth-order valence-corrected chi connectivity index (χ4v) is 3.52. The van der Waals surface area contributed by atoms with Crippen molar-refractivity contribution >= 4 is 11.6 Å². The highest BCUT2D eigenvalue weighted by Gasteiger charge is 2.18. The molecule has 1 aromatic rings. The average molecular weight is 353 g/mol. The van der Waals surface area contributed by atoms with Gasteiger partial charge in [-0.15, -0.1) is 0 Å². The van der Waals surface area contributed by atoms with Crippen LogP contribution in [0, 0.1) is 6.92 Å². The Morgan fingerprint density at radius 1 is 1.08 bits per heavy atom. The number of amides is 1. The molecule has 0 saturated heterocycles. The number of likely N-dealkylation sites (N-methyl/N-ethyl adjacent to an activating group) is 1. The predicted molar refractivity (Wildman–Crippen MR) is 111 cm³/mol. The van der Waals surface area contributed by atoms with Gasteiger partial charge < -0.3 is 5.32 Å². The molecule has 26 heavy (non-hydrogen) atoms. The standard InChI is InChI=1S/C23H32N2O/c1-16-9-8-11-20(15-16)10-6-7-12-21-14-13-17(2)18(3)22(19(4)25-21)23(26)24-5/h8-9,11,15H,6-7,10,12-14H2,1-5H3,(H,24,26)/b18-17+,22-19+,25-21?. The maximum atomic E-state index is 12.3. The van der Waals surface area contributed by atoms with Crippen LogP contribution < -0.4 is 5.32 Å². The zero-order valence-electron chi connectivity index (χ0n) is 16.9. The molecule has 0 spiro atoms. The molecule has 3 heteroatoms. The lowest BCUT2D eigenvalue weighted by atomic mass is 9.93. The molecule has 1 aromatic carbocycles. The Morgan fingerprint density at radius 3 is 2.50 bits per heavy atom. The van der Waals surface area contributed by atoms with Gasteiger partial charge in [-0.3, -0.25) is 9.79 Å². The lowest BCUT2D eigenvalue weighted by Crippen LogP contribution is -2.23. The molecule has 3 nitrogen and oxygen atoms in total. The van der Waals surface area contributed by atoms with Crippen LogP contribution in [0.3, 0.4) is 0 Å². The predicted octanol–water partition coefficient (Wildman–Crippen LogP) is 5.30. The molecular weight excluding hydrogens is 320 g/mol. The van der Waals surface area contributed by atoms with E-state index in [4.69, 9.17) is 4.99 Å². The molecule has 1 N–H and O–H groups in total. The van der Waals surface area contributed by atoms with E-state index in [1.54, 1.807) is 7.05 Å². The number of rotatable bonds is 6. The first-order chi connectivity index (χ1) is 12.4. The first-order valence-corrected chi connectivity index (χ1v) is 9.64. The zero-order valence-corrected chi connectivity index (χ0v) is 16.9. The van der Waals surface area contributed by atoms with E-state index >= 15 is 0 Å². The molecule has 1 aliphatic heterocycles. The first-order valence-electron chi connectivity index (χ1n) is 9.64. The summed E-state index contributed by atoms with van der Waals surface area (Å²) in [5.74, 6) is -0.0382. The second-order valence-corrected chi connectivity index (χ2v) is 7.32. The number of aryl methyl sites for hydroxylation is 2. The minimum absolute atomic E-state index is 0.0382. The van der Waals surface area contributed by atoms with E-state index in [2.05, 4.69) is 43.4 Å². The van der Waals surface area contributed by atoms with Gasteiger partial charge in [0.25, 0.3) is 5.91 Å². The van der Waals surface area contributed by atoms with Crippen LogP contribution in [0.4, 0.5) is 0 Å². The minimum atomic E-state index is -0.0382. The molecule has 0 aromatic heterocycles. The van der Waals surface area contributed by atoms with Gasteiger partial charge in [-0.1, -0.05) is 35.4 Å².